The minimum atomic E-state index is -4.26. The van der Waals surface area contributed by atoms with E-state index in [0.29, 0.717) is 12.0 Å². The van der Waals surface area contributed by atoms with Gasteiger partial charge in [0.1, 0.15) is 0 Å². The molecule has 0 bridgehead atoms. The Labute approximate surface area is 129 Å². The quantitative estimate of drug-likeness (QED) is 0.515. The highest BCUT2D eigenvalue weighted by Gasteiger charge is 2.52. The van der Waals surface area contributed by atoms with Crippen molar-refractivity contribution in [1.82, 2.24) is 0 Å². The van der Waals surface area contributed by atoms with Crippen LogP contribution in [0.25, 0.3) is 0 Å². The van der Waals surface area contributed by atoms with E-state index in [1.54, 1.807) is 6.08 Å². The minimum Gasteiger partial charge on any atom is -0.170 e. The smallest absolute Gasteiger partial charge is 0.170 e. The monoisotopic (exact) mass is 302 g/mol. The predicted molar refractivity (Wildman–Crippen MR) is 83.1 cm³/mol. The summed E-state index contributed by atoms with van der Waals surface area (Å²) in [7, 11) is 0. The lowest BCUT2D eigenvalue weighted by Crippen LogP contribution is -2.36. The van der Waals surface area contributed by atoms with Gasteiger partial charge in [-0.3, -0.25) is 0 Å². The number of hydrogen-bond donors (Lipinski definition) is 0. The third-order valence-electron chi connectivity index (χ3n) is 3.75. The van der Waals surface area contributed by atoms with Crippen molar-refractivity contribution < 1.29 is 13.2 Å². The van der Waals surface area contributed by atoms with Crippen LogP contribution in [0.1, 0.15) is 24.8 Å². The molecule has 2 rings (SSSR count). The van der Waals surface area contributed by atoms with Crippen molar-refractivity contribution in [2.45, 2.75) is 25.4 Å². The summed E-state index contributed by atoms with van der Waals surface area (Å²) in [6, 6.07) is 9.37. The standard InChI is InChI=1S/C19H17F3/c1-2-3-13-18(19(20,21)22)14-11-17(12-15-18)10-9-16-7-5-4-6-8-16/h2,4-8,11-12,14H,1,3,13,15H2. The van der Waals surface area contributed by atoms with E-state index < -0.39 is 11.6 Å². The third-order valence-corrected chi connectivity index (χ3v) is 3.75. The third kappa shape index (κ3) is 3.71. The van der Waals surface area contributed by atoms with Crippen LogP contribution in [0.4, 0.5) is 13.2 Å². The van der Waals surface area contributed by atoms with Crippen LogP contribution in [-0.4, -0.2) is 6.18 Å². The normalized spacial score (nSPS) is 20.8. The Morgan fingerprint density at radius 3 is 2.45 bits per heavy atom. The second kappa shape index (κ2) is 6.70. The molecule has 1 aliphatic carbocycles. The van der Waals surface area contributed by atoms with Crippen molar-refractivity contribution in [3.63, 3.8) is 0 Å². The topological polar surface area (TPSA) is 0 Å². The number of halogens is 3. The molecule has 1 aromatic carbocycles. The van der Waals surface area contributed by atoms with Gasteiger partial charge in [-0.25, -0.2) is 0 Å². The van der Waals surface area contributed by atoms with Crippen molar-refractivity contribution in [2.24, 2.45) is 5.41 Å². The molecule has 0 radical (unpaired) electrons. The van der Waals surface area contributed by atoms with Crippen LogP contribution in [0, 0.1) is 17.3 Å². The maximum absolute atomic E-state index is 13.3. The Bertz CT molecular complexity index is 639. The summed E-state index contributed by atoms with van der Waals surface area (Å²) in [4.78, 5) is 0. The summed E-state index contributed by atoms with van der Waals surface area (Å²) < 4.78 is 40.0. The molecule has 0 heterocycles. The molecule has 3 heteroatoms. The van der Waals surface area contributed by atoms with Gasteiger partial charge in [0.2, 0.25) is 0 Å². The van der Waals surface area contributed by atoms with Gasteiger partial charge < -0.3 is 0 Å². The molecular formula is C19H17F3. The average molecular weight is 302 g/mol. The Morgan fingerprint density at radius 2 is 1.91 bits per heavy atom. The molecule has 0 aliphatic heterocycles. The first-order valence-electron chi connectivity index (χ1n) is 7.11. The lowest BCUT2D eigenvalue weighted by molar-refractivity contribution is -0.207. The van der Waals surface area contributed by atoms with E-state index in [2.05, 4.69) is 18.4 Å². The molecule has 1 atom stereocenters. The van der Waals surface area contributed by atoms with Crippen LogP contribution >= 0.6 is 0 Å². The Hall–Kier alpha value is -2.21. The van der Waals surface area contributed by atoms with Gasteiger partial charge in [0.25, 0.3) is 0 Å². The van der Waals surface area contributed by atoms with Gasteiger partial charge in [-0.2, -0.15) is 13.2 Å². The van der Waals surface area contributed by atoms with Gasteiger partial charge in [0.15, 0.2) is 0 Å². The van der Waals surface area contributed by atoms with Crippen molar-refractivity contribution in [2.75, 3.05) is 0 Å². The number of benzene rings is 1. The van der Waals surface area contributed by atoms with Gasteiger partial charge in [-0.15, -0.1) is 6.58 Å². The highest BCUT2D eigenvalue weighted by Crippen LogP contribution is 2.48. The molecule has 0 saturated heterocycles. The van der Waals surface area contributed by atoms with Crippen molar-refractivity contribution >= 4 is 0 Å². The first-order valence-corrected chi connectivity index (χ1v) is 7.11. The highest BCUT2D eigenvalue weighted by molar-refractivity contribution is 5.47. The Balaban J connectivity index is 2.16. The first kappa shape index (κ1) is 16.2. The van der Waals surface area contributed by atoms with Gasteiger partial charge in [0, 0.05) is 11.1 Å². The molecule has 1 aromatic rings. The fourth-order valence-electron chi connectivity index (χ4n) is 2.33. The molecule has 1 unspecified atom stereocenters. The van der Waals surface area contributed by atoms with E-state index in [1.807, 2.05) is 30.3 Å². The van der Waals surface area contributed by atoms with Crippen molar-refractivity contribution in [1.29, 1.82) is 0 Å². The lowest BCUT2D eigenvalue weighted by atomic mass is 9.76. The second-order valence-corrected chi connectivity index (χ2v) is 5.29. The highest BCUT2D eigenvalue weighted by atomic mass is 19.4. The molecule has 0 fully saturated rings. The Morgan fingerprint density at radius 1 is 1.18 bits per heavy atom. The zero-order chi connectivity index (χ0) is 16.1. The SMILES string of the molecule is C=CCCC1(C(F)(F)F)C=CC(C#Cc2ccccc2)=CC1. The van der Waals surface area contributed by atoms with E-state index in [0.717, 1.165) is 5.56 Å². The van der Waals surface area contributed by atoms with Gasteiger partial charge >= 0.3 is 6.18 Å². The van der Waals surface area contributed by atoms with Crippen LogP contribution in [-0.2, 0) is 0 Å². The van der Waals surface area contributed by atoms with E-state index in [9.17, 15) is 13.2 Å². The van der Waals surface area contributed by atoms with E-state index in [4.69, 9.17) is 0 Å². The summed E-state index contributed by atoms with van der Waals surface area (Å²) in [5, 5.41) is 0. The maximum Gasteiger partial charge on any atom is 0.398 e. The zero-order valence-corrected chi connectivity index (χ0v) is 12.2. The molecule has 0 saturated carbocycles. The molecule has 0 nitrogen and oxygen atoms in total. The first-order chi connectivity index (χ1) is 10.5. The summed E-state index contributed by atoms with van der Waals surface area (Å²) >= 11 is 0. The van der Waals surface area contributed by atoms with Crippen LogP contribution < -0.4 is 0 Å². The molecule has 0 N–H and O–H groups in total. The molecule has 1 aliphatic rings. The van der Waals surface area contributed by atoms with Crippen molar-refractivity contribution in [3.8, 4) is 11.8 Å². The van der Waals surface area contributed by atoms with Crippen LogP contribution in [0.5, 0.6) is 0 Å². The van der Waals surface area contributed by atoms with E-state index >= 15 is 0 Å². The van der Waals surface area contributed by atoms with E-state index in [-0.39, 0.29) is 12.8 Å². The number of allylic oxidation sites excluding steroid dienone is 5. The maximum atomic E-state index is 13.3. The minimum absolute atomic E-state index is 0.0202. The zero-order valence-electron chi connectivity index (χ0n) is 12.2. The van der Waals surface area contributed by atoms with Gasteiger partial charge in [-0.05, 0) is 37.5 Å². The van der Waals surface area contributed by atoms with Crippen LogP contribution in [0.15, 0.2) is 66.8 Å². The molecule has 0 spiro atoms. The molecule has 114 valence electrons. The number of hydrogen-bond acceptors (Lipinski definition) is 0. The average Bonchev–Trinajstić information content (AvgIpc) is 2.52. The summed E-state index contributed by atoms with van der Waals surface area (Å²) in [5.74, 6) is 5.88. The van der Waals surface area contributed by atoms with E-state index in [1.165, 1.54) is 18.2 Å². The Kier molecular flexibility index (Phi) is 4.92. The molecule has 0 aromatic heterocycles. The van der Waals surface area contributed by atoms with Crippen molar-refractivity contribution in [3.05, 3.63) is 72.4 Å². The number of rotatable bonds is 3. The predicted octanol–water partition coefficient (Wildman–Crippen LogP) is 5.44. The summed E-state index contributed by atoms with van der Waals surface area (Å²) in [6.07, 6.45) is 1.86. The fourth-order valence-corrected chi connectivity index (χ4v) is 2.33. The fraction of sp³-hybridized carbons (Fsp3) is 0.263. The molecular weight excluding hydrogens is 285 g/mol. The summed E-state index contributed by atoms with van der Waals surface area (Å²) in [5.41, 5.74) is -0.322. The summed E-state index contributed by atoms with van der Waals surface area (Å²) in [6.45, 7) is 3.51. The van der Waals surface area contributed by atoms with Gasteiger partial charge in [0.05, 0.1) is 5.41 Å². The van der Waals surface area contributed by atoms with Crippen LogP contribution in [0.2, 0.25) is 0 Å². The van der Waals surface area contributed by atoms with Crippen LogP contribution in [0.3, 0.4) is 0 Å². The molecule has 0 amide bonds. The number of alkyl halides is 3. The lowest BCUT2D eigenvalue weighted by Gasteiger charge is -2.33. The second-order valence-electron chi connectivity index (χ2n) is 5.29. The molecule has 22 heavy (non-hydrogen) atoms. The van der Waals surface area contributed by atoms with Gasteiger partial charge in [-0.1, -0.05) is 48.3 Å². The largest absolute Gasteiger partial charge is 0.398 e.